The number of nitrogens with one attached hydrogen (secondary N) is 1. The Labute approximate surface area is 152 Å². The molecule has 2 unspecified atom stereocenters. The Kier molecular flexibility index (Phi) is 6.22. The average molecular weight is 369 g/mol. The average Bonchev–Trinajstić information content (AvgIpc) is 3.42. The second-order valence-electron chi connectivity index (χ2n) is 7.34. The minimum atomic E-state index is -4.32. The Balaban J connectivity index is 1.34. The number of benzene rings is 1. The molecule has 0 spiro atoms. The van der Waals surface area contributed by atoms with Crippen LogP contribution in [0.25, 0.3) is 0 Å². The lowest BCUT2D eigenvalue weighted by molar-refractivity contribution is -0.137. The van der Waals surface area contributed by atoms with Crippen molar-refractivity contribution in [3.05, 3.63) is 35.4 Å². The van der Waals surface area contributed by atoms with Gasteiger partial charge in [0.05, 0.1) is 11.7 Å². The van der Waals surface area contributed by atoms with Crippen molar-refractivity contribution in [1.29, 1.82) is 0 Å². The van der Waals surface area contributed by atoms with E-state index in [-0.39, 0.29) is 17.7 Å². The zero-order valence-corrected chi connectivity index (χ0v) is 14.9. The van der Waals surface area contributed by atoms with Crippen LogP contribution in [0.2, 0.25) is 0 Å². The van der Waals surface area contributed by atoms with Crippen molar-refractivity contribution in [2.45, 2.75) is 63.1 Å². The van der Waals surface area contributed by atoms with Crippen molar-refractivity contribution in [2.24, 2.45) is 5.92 Å². The fraction of sp³-hybridized carbons (Fsp3) is 0.650. The highest BCUT2D eigenvalue weighted by Gasteiger charge is 2.44. The van der Waals surface area contributed by atoms with Gasteiger partial charge < -0.3 is 10.1 Å². The predicted octanol–water partition coefficient (Wildman–Crippen LogP) is 4.66. The Morgan fingerprint density at radius 1 is 1.12 bits per heavy atom. The molecule has 0 saturated heterocycles. The summed E-state index contributed by atoms with van der Waals surface area (Å²) < 4.78 is 43.6. The van der Waals surface area contributed by atoms with Crippen molar-refractivity contribution >= 4 is 5.91 Å². The summed E-state index contributed by atoms with van der Waals surface area (Å²) in [5.74, 6) is -0.0886. The van der Waals surface area contributed by atoms with E-state index in [0.29, 0.717) is 25.7 Å². The topological polar surface area (TPSA) is 38.3 Å². The van der Waals surface area contributed by atoms with Gasteiger partial charge in [-0.1, -0.05) is 31.4 Å². The molecule has 3 nitrogen and oxygen atoms in total. The molecule has 1 N–H and O–H groups in total. The van der Waals surface area contributed by atoms with Gasteiger partial charge in [-0.2, -0.15) is 13.2 Å². The molecule has 1 aromatic carbocycles. The molecule has 0 aromatic heterocycles. The third kappa shape index (κ3) is 5.22. The van der Waals surface area contributed by atoms with E-state index in [2.05, 4.69) is 5.32 Å². The summed E-state index contributed by atoms with van der Waals surface area (Å²) in [6.45, 7) is 1.25. The third-order valence-electron chi connectivity index (χ3n) is 5.32. The van der Waals surface area contributed by atoms with Crippen LogP contribution in [0.1, 0.15) is 62.0 Å². The lowest BCUT2D eigenvalue weighted by Crippen LogP contribution is -2.27. The first-order valence-electron chi connectivity index (χ1n) is 9.51. The Bertz CT molecular complexity index is 594. The maximum Gasteiger partial charge on any atom is 0.416 e. The van der Waals surface area contributed by atoms with Gasteiger partial charge in [-0.25, -0.2) is 0 Å². The van der Waals surface area contributed by atoms with Gasteiger partial charge in [-0.05, 0) is 49.3 Å². The second-order valence-corrected chi connectivity index (χ2v) is 7.34. The van der Waals surface area contributed by atoms with E-state index in [1.165, 1.54) is 31.4 Å². The van der Waals surface area contributed by atoms with Crippen molar-refractivity contribution in [1.82, 2.24) is 5.32 Å². The maximum absolute atomic E-state index is 12.6. The summed E-state index contributed by atoms with van der Waals surface area (Å²) in [4.78, 5) is 12.1. The van der Waals surface area contributed by atoms with E-state index in [1.54, 1.807) is 0 Å². The fourth-order valence-electron chi connectivity index (χ4n) is 3.67. The molecule has 144 valence electrons. The van der Waals surface area contributed by atoms with Gasteiger partial charge in [-0.3, -0.25) is 4.79 Å². The molecule has 2 fully saturated rings. The number of carbonyl (C=O) groups is 1. The molecule has 2 atom stereocenters. The van der Waals surface area contributed by atoms with E-state index in [4.69, 9.17) is 4.74 Å². The molecule has 2 saturated carbocycles. The van der Waals surface area contributed by atoms with Gasteiger partial charge in [0, 0.05) is 19.1 Å². The van der Waals surface area contributed by atoms with Crippen LogP contribution < -0.4 is 5.32 Å². The highest BCUT2D eigenvalue weighted by atomic mass is 19.4. The van der Waals surface area contributed by atoms with Gasteiger partial charge >= 0.3 is 6.18 Å². The quantitative estimate of drug-likeness (QED) is 0.710. The van der Waals surface area contributed by atoms with Gasteiger partial charge in [0.15, 0.2) is 0 Å². The lowest BCUT2D eigenvalue weighted by Gasteiger charge is -2.21. The molecule has 1 aromatic rings. The minimum absolute atomic E-state index is 0.00688. The number of halogens is 3. The molecule has 0 radical (unpaired) electrons. The first-order chi connectivity index (χ1) is 12.4. The summed E-state index contributed by atoms with van der Waals surface area (Å²) in [6.07, 6.45) is 3.63. The number of hydrogen-bond acceptors (Lipinski definition) is 2. The number of carbonyl (C=O) groups excluding carboxylic acids is 1. The van der Waals surface area contributed by atoms with E-state index >= 15 is 0 Å². The van der Waals surface area contributed by atoms with Crippen LogP contribution in [0.5, 0.6) is 0 Å². The van der Waals surface area contributed by atoms with Crippen LogP contribution in [0.3, 0.4) is 0 Å². The molecule has 26 heavy (non-hydrogen) atoms. The molecular formula is C20H26F3NO2. The smallest absolute Gasteiger partial charge is 0.378 e. The second kappa shape index (κ2) is 8.42. The Morgan fingerprint density at radius 3 is 2.46 bits per heavy atom. The predicted molar refractivity (Wildman–Crippen MR) is 92.7 cm³/mol. The van der Waals surface area contributed by atoms with Crippen LogP contribution in [0.4, 0.5) is 13.2 Å². The van der Waals surface area contributed by atoms with E-state index in [9.17, 15) is 18.0 Å². The zero-order chi connectivity index (χ0) is 18.6. The van der Waals surface area contributed by atoms with Crippen LogP contribution in [-0.4, -0.2) is 25.2 Å². The number of rotatable bonds is 7. The molecular weight excluding hydrogens is 343 g/mol. The largest absolute Gasteiger partial charge is 0.416 e. The van der Waals surface area contributed by atoms with Crippen molar-refractivity contribution in [2.75, 3.05) is 13.2 Å². The van der Waals surface area contributed by atoms with Crippen molar-refractivity contribution in [3.63, 3.8) is 0 Å². The molecule has 1 amide bonds. The van der Waals surface area contributed by atoms with Crippen LogP contribution in [0.15, 0.2) is 24.3 Å². The third-order valence-corrected chi connectivity index (χ3v) is 5.32. The molecule has 0 aliphatic heterocycles. The normalized spacial score (nSPS) is 23.7. The number of hydrogen-bond donors (Lipinski definition) is 1. The number of amides is 1. The molecule has 6 heteroatoms. The van der Waals surface area contributed by atoms with E-state index in [0.717, 1.165) is 37.0 Å². The summed E-state index contributed by atoms with van der Waals surface area (Å²) in [6, 6.07) is 5.15. The Hall–Kier alpha value is -1.56. The molecule has 2 aliphatic rings. The van der Waals surface area contributed by atoms with Gasteiger partial charge in [0.2, 0.25) is 5.91 Å². The molecule has 0 heterocycles. The highest BCUT2D eigenvalue weighted by Crippen LogP contribution is 2.47. The van der Waals surface area contributed by atoms with Crippen LogP contribution in [0, 0.1) is 5.92 Å². The summed E-state index contributed by atoms with van der Waals surface area (Å²) in [5.41, 5.74) is 0.152. The summed E-state index contributed by atoms with van der Waals surface area (Å²) >= 11 is 0. The zero-order valence-electron chi connectivity index (χ0n) is 14.9. The molecule has 2 aliphatic carbocycles. The van der Waals surface area contributed by atoms with Gasteiger partial charge in [0.25, 0.3) is 0 Å². The SMILES string of the molecule is O=C(NCCCOC1CCCCC1)C1CC1c1ccc(C(F)(F)F)cc1. The first kappa shape index (κ1) is 19.2. The minimum Gasteiger partial charge on any atom is -0.378 e. The first-order valence-corrected chi connectivity index (χ1v) is 9.51. The van der Waals surface area contributed by atoms with E-state index < -0.39 is 11.7 Å². The summed E-state index contributed by atoms with van der Waals surface area (Å²) in [7, 11) is 0. The fourth-order valence-corrected chi connectivity index (χ4v) is 3.67. The molecule has 0 bridgehead atoms. The summed E-state index contributed by atoms with van der Waals surface area (Å²) in [5, 5.41) is 2.92. The van der Waals surface area contributed by atoms with Crippen molar-refractivity contribution in [3.8, 4) is 0 Å². The Morgan fingerprint density at radius 2 is 1.81 bits per heavy atom. The highest BCUT2D eigenvalue weighted by molar-refractivity contribution is 5.82. The monoisotopic (exact) mass is 369 g/mol. The van der Waals surface area contributed by atoms with Crippen LogP contribution in [-0.2, 0) is 15.7 Å². The maximum atomic E-state index is 12.6. The number of ether oxygens (including phenoxy) is 1. The number of alkyl halides is 3. The molecule has 3 rings (SSSR count). The lowest BCUT2D eigenvalue weighted by atomic mass is 9.98. The van der Waals surface area contributed by atoms with Crippen molar-refractivity contribution < 1.29 is 22.7 Å². The van der Waals surface area contributed by atoms with E-state index in [1.807, 2.05) is 0 Å². The van der Waals surface area contributed by atoms with Gasteiger partial charge in [-0.15, -0.1) is 0 Å². The standard InChI is InChI=1S/C20H26F3NO2/c21-20(22,23)15-9-7-14(8-10-15)17-13-18(17)19(25)24-11-4-12-26-16-5-2-1-3-6-16/h7-10,16-18H,1-6,11-13H2,(H,24,25). The van der Waals surface area contributed by atoms with Gasteiger partial charge in [0.1, 0.15) is 0 Å². The van der Waals surface area contributed by atoms with Crippen LogP contribution >= 0.6 is 0 Å².